The molecule has 0 bridgehead atoms. The number of ether oxygens (including phenoxy) is 2. The molecule has 2 aromatic carbocycles. The predicted molar refractivity (Wildman–Crippen MR) is 117 cm³/mol. The third-order valence-electron chi connectivity index (χ3n) is 5.37. The van der Waals surface area contributed by atoms with Gasteiger partial charge in [0.05, 0.1) is 5.69 Å². The van der Waals surface area contributed by atoms with Crippen molar-refractivity contribution in [1.82, 2.24) is 15.2 Å². The van der Waals surface area contributed by atoms with Gasteiger partial charge in [-0.15, -0.1) is 0 Å². The highest BCUT2D eigenvalue weighted by molar-refractivity contribution is 5.75. The van der Waals surface area contributed by atoms with Crippen molar-refractivity contribution in [2.75, 3.05) is 19.8 Å². The van der Waals surface area contributed by atoms with Gasteiger partial charge in [-0.25, -0.2) is 9.59 Å². The molecular formula is C23H24N4O4. The molecule has 0 spiro atoms. The molecule has 0 fully saturated rings. The van der Waals surface area contributed by atoms with Gasteiger partial charge in [-0.1, -0.05) is 30.3 Å². The molecule has 0 radical (unpaired) electrons. The Balaban J connectivity index is 1.90. The number of carbonyl (C=O) groups excluding carboxylic acids is 2. The summed E-state index contributed by atoms with van der Waals surface area (Å²) < 4.78 is 13.0. The van der Waals surface area contributed by atoms with Crippen LogP contribution in [-0.4, -0.2) is 30.8 Å². The highest BCUT2D eigenvalue weighted by atomic mass is 16.6. The van der Waals surface area contributed by atoms with Crippen LogP contribution in [0.4, 0.5) is 15.3 Å². The summed E-state index contributed by atoms with van der Waals surface area (Å²) in [6.07, 6.45) is -0.374. The van der Waals surface area contributed by atoms with Crippen molar-refractivity contribution >= 4 is 17.9 Å². The lowest BCUT2D eigenvalue weighted by Crippen LogP contribution is -2.20. The molecular weight excluding hydrogens is 396 g/mol. The Labute approximate surface area is 180 Å². The number of hydrogen-bond acceptors (Lipinski definition) is 5. The summed E-state index contributed by atoms with van der Waals surface area (Å²) in [6.45, 7) is 0.0956. The maximum absolute atomic E-state index is 11.8. The summed E-state index contributed by atoms with van der Waals surface area (Å²) in [6, 6.07) is 15.7. The van der Waals surface area contributed by atoms with Gasteiger partial charge >= 0.3 is 12.2 Å². The minimum Gasteiger partial charge on any atom is -0.445 e. The van der Waals surface area contributed by atoms with Gasteiger partial charge in [0.2, 0.25) is 0 Å². The molecule has 1 aliphatic heterocycles. The number of rotatable bonds is 5. The number of fused-ring (bicyclic) bond motifs is 3. The Morgan fingerprint density at radius 1 is 0.935 bits per heavy atom. The van der Waals surface area contributed by atoms with E-state index in [4.69, 9.17) is 15.2 Å². The number of amides is 2. The minimum atomic E-state index is -0.534. The quantitative estimate of drug-likeness (QED) is 0.429. The van der Waals surface area contributed by atoms with Gasteiger partial charge in [-0.05, 0) is 29.3 Å². The second kappa shape index (κ2) is 8.43. The number of nitrogens with one attached hydrogen (secondary N) is 2. The van der Waals surface area contributed by atoms with Crippen LogP contribution in [0.5, 0.6) is 0 Å². The molecule has 0 saturated heterocycles. The highest BCUT2D eigenvalue weighted by Gasteiger charge is 2.31. The molecule has 160 valence electrons. The Hall–Kier alpha value is -3.94. The van der Waals surface area contributed by atoms with Crippen molar-refractivity contribution in [3.05, 3.63) is 70.9 Å². The van der Waals surface area contributed by atoms with Crippen LogP contribution in [0.3, 0.4) is 0 Å². The van der Waals surface area contributed by atoms with Gasteiger partial charge in [0.25, 0.3) is 0 Å². The number of carbonyl (C=O) groups is 2. The summed E-state index contributed by atoms with van der Waals surface area (Å²) in [5.74, 6) is 0. The summed E-state index contributed by atoms with van der Waals surface area (Å²) in [5.41, 5.74) is 13.2. The first-order valence-electron chi connectivity index (χ1n) is 9.92. The topological polar surface area (TPSA) is 108 Å². The molecule has 8 nitrogen and oxygen atoms in total. The van der Waals surface area contributed by atoms with Crippen molar-refractivity contribution < 1.29 is 19.1 Å². The number of benzene rings is 2. The average Bonchev–Trinajstić information content (AvgIpc) is 3.30. The molecule has 0 atom stereocenters. The monoisotopic (exact) mass is 420 g/mol. The maximum Gasteiger partial charge on any atom is 0.407 e. The van der Waals surface area contributed by atoms with Crippen LogP contribution in [0.1, 0.15) is 22.4 Å². The third kappa shape index (κ3) is 3.79. The first-order valence-corrected chi connectivity index (χ1v) is 9.92. The lowest BCUT2D eigenvalue weighted by atomic mass is 10.0. The summed E-state index contributed by atoms with van der Waals surface area (Å²) >= 11 is 0. The zero-order valence-corrected chi connectivity index (χ0v) is 17.4. The number of nitrogens with zero attached hydrogens (tertiary/aromatic N) is 1. The number of aromatic nitrogens is 1. The van der Waals surface area contributed by atoms with Crippen molar-refractivity contribution in [3.63, 3.8) is 0 Å². The molecule has 0 unspecified atom stereocenters. The molecule has 0 aliphatic carbocycles. The van der Waals surface area contributed by atoms with E-state index in [9.17, 15) is 9.59 Å². The van der Waals surface area contributed by atoms with Gasteiger partial charge in [0.1, 0.15) is 13.2 Å². The smallest absolute Gasteiger partial charge is 0.407 e. The maximum atomic E-state index is 11.8. The minimum absolute atomic E-state index is 0.0357. The van der Waals surface area contributed by atoms with E-state index in [0.29, 0.717) is 12.1 Å². The standard InChI is InChI=1S/C23H24N4O4/c1-25-22(28)30-12-17-18(13-31-23(29)26-2)21(14-7-9-16(24)10-8-14)27-19-6-4-3-5-15(19)11-20(17)27/h3-10H,11-13,24H2,1-2H3,(H,25,28)(H,26,29). The highest BCUT2D eigenvalue weighted by Crippen LogP contribution is 2.41. The molecule has 3 aromatic rings. The lowest BCUT2D eigenvalue weighted by Gasteiger charge is -2.13. The van der Waals surface area contributed by atoms with E-state index < -0.39 is 12.2 Å². The van der Waals surface area contributed by atoms with E-state index >= 15 is 0 Å². The van der Waals surface area contributed by atoms with Crippen molar-refractivity contribution in [2.24, 2.45) is 0 Å². The van der Waals surface area contributed by atoms with Gasteiger partial charge in [-0.3, -0.25) is 0 Å². The fourth-order valence-corrected chi connectivity index (χ4v) is 3.92. The second-order valence-corrected chi connectivity index (χ2v) is 7.17. The van der Waals surface area contributed by atoms with E-state index in [1.54, 1.807) is 0 Å². The zero-order valence-electron chi connectivity index (χ0n) is 17.4. The predicted octanol–water partition coefficient (Wildman–Crippen LogP) is 3.34. The van der Waals surface area contributed by atoms with E-state index in [1.807, 2.05) is 36.4 Å². The molecule has 4 rings (SSSR count). The van der Waals surface area contributed by atoms with Gasteiger partial charge < -0.3 is 30.4 Å². The SMILES string of the molecule is CNC(=O)OCc1c(COC(=O)NC)c(-c2ccc(N)cc2)n2c1Cc1ccccc1-2. The molecule has 31 heavy (non-hydrogen) atoms. The van der Waals surface area contributed by atoms with Gasteiger partial charge in [0.15, 0.2) is 0 Å². The molecule has 1 aromatic heterocycles. The number of alkyl carbamates (subject to hydrolysis) is 2. The molecule has 8 heteroatoms. The van der Waals surface area contributed by atoms with Crippen LogP contribution in [0.15, 0.2) is 48.5 Å². The first-order chi connectivity index (χ1) is 15.0. The van der Waals surface area contributed by atoms with Crippen molar-refractivity contribution in [2.45, 2.75) is 19.6 Å². The Morgan fingerprint density at radius 2 is 1.55 bits per heavy atom. The number of hydrogen-bond donors (Lipinski definition) is 3. The van der Waals surface area contributed by atoms with Gasteiger partial charge in [-0.2, -0.15) is 0 Å². The molecule has 0 saturated carbocycles. The van der Waals surface area contributed by atoms with E-state index in [-0.39, 0.29) is 13.2 Å². The van der Waals surface area contributed by atoms with Crippen LogP contribution in [0.2, 0.25) is 0 Å². The van der Waals surface area contributed by atoms with E-state index in [0.717, 1.165) is 33.8 Å². The van der Waals surface area contributed by atoms with E-state index in [2.05, 4.69) is 27.3 Å². The Kier molecular flexibility index (Phi) is 5.53. The second-order valence-electron chi connectivity index (χ2n) is 7.17. The van der Waals surface area contributed by atoms with Crippen LogP contribution in [-0.2, 0) is 29.1 Å². The third-order valence-corrected chi connectivity index (χ3v) is 5.37. The largest absolute Gasteiger partial charge is 0.445 e. The number of nitrogen functional groups attached to an aromatic ring is 1. The number of nitrogens with two attached hydrogens (primary N) is 1. The van der Waals surface area contributed by atoms with Crippen LogP contribution >= 0.6 is 0 Å². The average molecular weight is 420 g/mol. The van der Waals surface area contributed by atoms with Crippen molar-refractivity contribution in [1.29, 1.82) is 0 Å². The normalized spacial score (nSPS) is 11.4. The van der Waals surface area contributed by atoms with E-state index in [1.165, 1.54) is 19.7 Å². The molecule has 1 aliphatic rings. The van der Waals surface area contributed by atoms with Crippen LogP contribution in [0, 0.1) is 0 Å². The summed E-state index contributed by atoms with van der Waals surface area (Å²) in [4.78, 5) is 23.6. The van der Waals surface area contributed by atoms with Crippen LogP contribution < -0.4 is 16.4 Å². The fraction of sp³-hybridized carbons (Fsp3) is 0.217. The van der Waals surface area contributed by atoms with Crippen molar-refractivity contribution in [3.8, 4) is 16.9 Å². The lowest BCUT2D eigenvalue weighted by molar-refractivity contribution is 0.134. The Morgan fingerprint density at radius 3 is 2.19 bits per heavy atom. The Bertz CT molecular complexity index is 1140. The number of anilines is 1. The zero-order chi connectivity index (χ0) is 22.0. The summed E-state index contributed by atoms with van der Waals surface area (Å²) in [5, 5.41) is 4.93. The summed E-state index contributed by atoms with van der Waals surface area (Å²) in [7, 11) is 3.02. The fourth-order valence-electron chi connectivity index (χ4n) is 3.92. The van der Waals surface area contributed by atoms with Crippen LogP contribution in [0.25, 0.3) is 16.9 Å². The molecule has 2 heterocycles. The number of para-hydroxylation sites is 1. The molecule has 4 N–H and O–H groups in total. The molecule has 2 amide bonds. The van der Waals surface area contributed by atoms with Gasteiger partial charge in [0, 0.05) is 48.7 Å². The first kappa shape index (κ1) is 20.3.